The number of aromatic nitrogens is 1. The van der Waals surface area contributed by atoms with Crippen molar-refractivity contribution in [1.29, 1.82) is 0 Å². The Morgan fingerprint density at radius 2 is 1.65 bits per heavy atom. The molecular weight excluding hydrogens is 428 g/mol. The van der Waals surface area contributed by atoms with Gasteiger partial charge in [-0.3, -0.25) is 10.1 Å². The Kier molecular flexibility index (Phi) is 4.97. The van der Waals surface area contributed by atoms with E-state index in [1.54, 1.807) is 11.3 Å². The number of amides is 1. The largest absolute Gasteiger partial charge is 0.298 e. The van der Waals surface area contributed by atoms with Gasteiger partial charge < -0.3 is 0 Å². The maximum Gasteiger partial charge on any atom is 0.257 e. The van der Waals surface area contributed by atoms with Gasteiger partial charge in [-0.2, -0.15) is 0 Å². The normalized spacial score (nSPS) is 10.7. The number of hydrogen-bond acceptors (Lipinski definition) is 4. The lowest BCUT2D eigenvalue weighted by Gasteiger charge is -2.04. The number of halogens is 1. The van der Waals surface area contributed by atoms with Crippen LogP contribution in [0, 0.1) is 0 Å². The predicted octanol–water partition coefficient (Wildman–Crippen LogP) is 6.55. The zero-order valence-electron chi connectivity index (χ0n) is 13.5. The number of thiophene rings is 1. The van der Waals surface area contributed by atoms with Gasteiger partial charge in [0.2, 0.25) is 0 Å². The Bertz CT molecular complexity index is 1040. The summed E-state index contributed by atoms with van der Waals surface area (Å²) in [6, 6.07) is 21.7. The molecule has 128 valence electrons. The molecule has 4 rings (SSSR count). The minimum absolute atomic E-state index is 0.155. The predicted molar refractivity (Wildman–Crippen MR) is 113 cm³/mol. The van der Waals surface area contributed by atoms with Crippen molar-refractivity contribution in [3.8, 4) is 21.7 Å². The van der Waals surface area contributed by atoms with Crippen molar-refractivity contribution in [3.05, 3.63) is 81.5 Å². The first-order valence-electron chi connectivity index (χ1n) is 7.87. The second-order valence-electron chi connectivity index (χ2n) is 5.54. The number of nitrogens with zero attached hydrogens (tertiary/aromatic N) is 1. The van der Waals surface area contributed by atoms with Crippen LogP contribution in [0.2, 0.25) is 0 Å². The number of benzene rings is 2. The summed E-state index contributed by atoms with van der Waals surface area (Å²) < 4.78 is 1.06. The maximum absolute atomic E-state index is 12.5. The first kappa shape index (κ1) is 17.1. The highest BCUT2D eigenvalue weighted by Gasteiger charge is 2.11. The van der Waals surface area contributed by atoms with Gasteiger partial charge in [-0.15, -0.1) is 22.7 Å². The minimum Gasteiger partial charge on any atom is -0.298 e. The number of anilines is 1. The molecule has 0 fully saturated rings. The van der Waals surface area contributed by atoms with Crippen LogP contribution in [0.15, 0.2) is 75.9 Å². The van der Waals surface area contributed by atoms with Crippen LogP contribution in [0.3, 0.4) is 0 Å². The molecule has 1 N–H and O–H groups in total. The van der Waals surface area contributed by atoms with Gasteiger partial charge in [-0.25, -0.2) is 4.98 Å². The van der Waals surface area contributed by atoms with Crippen LogP contribution in [0.4, 0.5) is 5.13 Å². The van der Waals surface area contributed by atoms with Crippen LogP contribution in [0.5, 0.6) is 0 Å². The van der Waals surface area contributed by atoms with Crippen LogP contribution in [0.25, 0.3) is 21.7 Å². The Balaban J connectivity index is 1.47. The van der Waals surface area contributed by atoms with Gasteiger partial charge in [-0.1, -0.05) is 42.5 Å². The summed E-state index contributed by atoms with van der Waals surface area (Å²) in [6.45, 7) is 0. The molecule has 0 aliphatic rings. The zero-order valence-corrected chi connectivity index (χ0v) is 16.7. The number of thiazole rings is 1. The summed E-state index contributed by atoms with van der Waals surface area (Å²) in [7, 11) is 0. The van der Waals surface area contributed by atoms with Crippen LogP contribution in [-0.4, -0.2) is 10.9 Å². The maximum atomic E-state index is 12.5. The fourth-order valence-electron chi connectivity index (χ4n) is 2.51. The summed E-state index contributed by atoms with van der Waals surface area (Å²) in [5.41, 5.74) is 3.70. The molecule has 0 unspecified atom stereocenters. The monoisotopic (exact) mass is 440 g/mol. The smallest absolute Gasteiger partial charge is 0.257 e. The van der Waals surface area contributed by atoms with Crippen molar-refractivity contribution in [1.82, 2.24) is 4.98 Å². The van der Waals surface area contributed by atoms with Crippen molar-refractivity contribution in [2.24, 2.45) is 0 Å². The lowest BCUT2D eigenvalue weighted by molar-refractivity contribution is 0.102. The van der Waals surface area contributed by atoms with E-state index in [4.69, 9.17) is 0 Å². The average Bonchev–Trinajstić information content (AvgIpc) is 3.31. The lowest BCUT2D eigenvalue weighted by atomic mass is 10.0. The Labute approximate surface area is 167 Å². The first-order chi connectivity index (χ1) is 12.7. The molecule has 0 saturated carbocycles. The highest BCUT2D eigenvalue weighted by Crippen LogP contribution is 2.33. The molecule has 2 aromatic heterocycles. The summed E-state index contributed by atoms with van der Waals surface area (Å²) in [5, 5.41) is 5.43. The number of nitrogens with one attached hydrogen (secondary N) is 1. The molecule has 26 heavy (non-hydrogen) atoms. The summed E-state index contributed by atoms with van der Waals surface area (Å²) in [5.74, 6) is -0.155. The van der Waals surface area contributed by atoms with Crippen molar-refractivity contribution in [2.75, 3.05) is 5.32 Å². The molecule has 0 aliphatic heterocycles. The van der Waals surface area contributed by atoms with E-state index in [2.05, 4.69) is 38.4 Å². The van der Waals surface area contributed by atoms with E-state index < -0.39 is 0 Å². The van der Waals surface area contributed by atoms with E-state index in [1.807, 2.05) is 60.0 Å². The standard InChI is InChI=1S/C20H13BrN2OS2/c21-18-11-10-17(26-18)16-12-25-20(22-16)23-19(24)15-8-6-14(7-9-15)13-4-2-1-3-5-13/h1-12H,(H,22,23,24). The van der Waals surface area contributed by atoms with E-state index in [1.165, 1.54) is 11.3 Å². The van der Waals surface area contributed by atoms with Crippen molar-refractivity contribution < 1.29 is 4.79 Å². The van der Waals surface area contributed by atoms with Crippen LogP contribution in [0.1, 0.15) is 10.4 Å². The number of hydrogen-bond donors (Lipinski definition) is 1. The van der Waals surface area contributed by atoms with Gasteiger partial charge in [0.1, 0.15) is 0 Å². The molecule has 1 amide bonds. The molecule has 4 aromatic rings. The van der Waals surface area contributed by atoms with Gasteiger partial charge in [0, 0.05) is 10.9 Å². The van der Waals surface area contributed by atoms with E-state index in [0.717, 1.165) is 25.5 Å². The number of rotatable bonds is 4. The van der Waals surface area contributed by atoms with Gasteiger partial charge >= 0.3 is 0 Å². The topological polar surface area (TPSA) is 42.0 Å². The third-order valence-corrected chi connectivity index (χ3v) is 6.21. The third-order valence-electron chi connectivity index (χ3n) is 3.80. The molecule has 0 atom stereocenters. The fourth-order valence-corrected chi connectivity index (χ4v) is 4.64. The summed E-state index contributed by atoms with van der Waals surface area (Å²) in [4.78, 5) is 18.0. The van der Waals surface area contributed by atoms with Gasteiger partial charge in [0.25, 0.3) is 5.91 Å². The molecule has 2 aromatic carbocycles. The molecule has 0 radical (unpaired) electrons. The Hall–Kier alpha value is -2.28. The molecule has 0 bridgehead atoms. The van der Waals surface area contributed by atoms with Crippen molar-refractivity contribution >= 4 is 49.6 Å². The summed E-state index contributed by atoms with van der Waals surface area (Å²) >= 11 is 6.50. The molecule has 0 saturated heterocycles. The molecular formula is C20H13BrN2OS2. The van der Waals surface area contributed by atoms with E-state index >= 15 is 0 Å². The van der Waals surface area contributed by atoms with Gasteiger partial charge in [0.15, 0.2) is 5.13 Å². The quantitative estimate of drug-likeness (QED) is 0.390. The first-order valence-corrected chi connectivity index (χ1v) is 10.4. The van der Waals surface area contributed by atoms with E-state index in [9.17, 15) is 4.79 Å². The SMILES string of the molecule is O=C(Nc1nc(-c2ccc(Br)s2)cs1)c1ccc(-c2ccccc2)cc1. The molecule has 3 nitrogen and oxygen atoms in total. The third kappa shape index (κ3) is 3.77. The van der Waals surface area contributed by atoms with Crippen LogP contribution in [-0.2, 0) is 0 Å². The fraction of sp³-hybridized carbons (Fsp3) is 0. The zero-order chi connectivity index (χ0) is 17.9. The molecule has 0 spiro atoms. The van der Waals surface area contributed by atoms with E-state index in [0.29, 0.717) is 10.7 Å². The van der Waals surface area contributed by atoms with E-state index in [-0.39, 0.29) is 5.91 Å². The van der Waals surface area contributed by atoms with Crippen molar-refractivity contribution in [2.45, 2.75) is 0 Å². The number of carbonyl (C=O) groups excluding carboxylic acids is 1. The molecule has 6 heteroatoms. The lowest BCUT2D eigenvalue weighted by Crippen LogP contribution is -2.11. The Morgan fingerprint density at radius 3 is 2.35 bits per heavy atom. The molecule has 0 aliphatic carbocycles. The number of carbonyl (C=O) groups is 1. The highest BCUT2D eigenvalue weighted by atomic mass is 79.9. The average molecular weight is 441 g/mol. The highest BCUT2D eigenvalue weighted by molar-refractivity contribution is 9.11. The minimum atomic E-state index is -0.155. The van der Waals surface area contributed by atoms with Gasteiger partial charge in [0.05, 0.1) is 14.4 Å². The van der Waals surface area contributed by atoms with Crippen molar-refractivity contribution in [3.63, 3.8) is 0 Å². The second-order valence-corrected chi connectivity index (χ2v) is 8.86. The molecule has 2 heterocycles. The Morgan fingerprint density at radius 1 is 0.923 bits per heavy atom. The van der Waals surface area contributed by atoms with Crippen LogP contribution < -0.4 is 5.32 Å². The van der Waals surface area contributed by atoms with Gasteiger partial charge in [-0.05, 0) is 51.3 Å². The second kappa shape index (κ2) is 7.53. The van der Waals surface area contributed by atoms with Crippen LogP contribution >= 0.6 is 38.6 Å². The summed E-state index contributed by atoms with van der Waals surface area (Å²) in [6.07, 6.45) is 0.